The van der Waals surface area contributed by atoms with Crippen molar-refractivity contribution >= 4 is 17.5 Å². The van der Waals surface area contributed by atoms with E-state index < -0.39 is 0 Å². The van der Waals surface area contributed by atoms with Crippen molar-refractivity contribution in [2.75, 3.05) is 18.4 Å². The highest BCUT2D eigenvalue weighted by atomic mass is 16.2. The smallest absolute Gasteiger partial charge is 0.272 e. The third kappa shape index (κ3) is 4.27. The SMILES string of the molecule is Cc1cccc(-c2cccc(NC(=O)[C@H]3CCCN(C(=O)c4ccnn4C)C3)c2)c1. The third-order valence-corrected chi connectivity index (χ3v) is 5.60. The van der Waals surface area contributed by atoms with Crippen LogP contribution >= 0.6 is 0 Å². The van der Waals surface area contributed by atoms with Gasteiger partial charge in [-0.15, -0.1) is 0 Å². The van der Waals surface area contributed by atoms with E-state index in [1.54, 1.807) is 28.9 Å². The Kier molecular flexibility index (Phi) is 5.65. The highest BCUT2D eigenvalue weighted by Gasteiger charge is 2.30. The zero-order valence-corrected chi connectivity index (χ0v) is 17.3. The van der Waals surface area contributed by atoms with Gasteiger partial charge in [-0.1, -0.05) is 42.0 Å². The molecular formula is C24H26N4O2. The second-order valence-electron chi connectivity index (χ2n) is 7.87. The zero-order chi connectivity index (χ0) is 21.1. The van der Waals surface area contributed by atoms with Crippen LogP contribution in [0.25, 0.3) is 11.1 Å². The molecule has 1 aliphatic rings. The molecule has 2 amide bonds. The van der Waals surface area contributed by atoms with Gasteiger partial charge in [0.25, 0.3) is 5.91 Å². The normalized spacial score (nSPS) is 16.3. The van der Waals surface area contributed by atoms with Crippen molar-refractivity contribution in [3.05, 3.63) is 72.1 Å². The zero-order valence-electron chi connectivity index (χ0n) is 17.3. The van der Waals surface area contributed by atoms with Gasteiger partial charge in [0.2, 0.25) is 5.91 Å². The Morgan fingerprint density at radius 3 is 2.57 bits per heavy atom. The van der Waals surface area contributed by atoms with Crippen LogP contribution in [0.3, 0.4) is 0 Å². The molecule has 4 rings (SSSR count). The Bertz CT molecular complexity index is 1070. The van der Waals surface area contributed by atoms with E-state index in [9.17, 15) is 9.59 Å². The predicted molar refractivity (Wildman–Crippen MR) is 117 cm³/mol. The summed E-state index contributed by atoms with van der Waals surface area (Å²) < 4.78 is 1.57. The molecule has 1 aliphatic heterocycles. The summed E-state index contributed by atoms with van der Waals surface area (Å²) in [5.74, 6) is -0.341. The summed E-state index contributed by atoms with van der Waals surface area (Å²) in [4.78, 5) is 27.5. The number of benzene rings is 2. The van der Waals surface area contributed by atoms with Gasteiger partial charge in [0.05, 0.1) is 5.92 Å². The first-order valence-corrected chi connectivity index (χ1v) is 10.3. The molecule has 1 N–H and O–H groups in total. The van der Waals surface area contributed by atoms with Crippen molar-refractivity contribution in [3.63, 3.8) is 0 Å². The predicted octanol–water partition coefficient (Wildman–Crippen LogP) is 3.89. The van der Waals surface area contributed by atoms with Crippen molar-refractivity contribution in [2.24, 2.45) is 13.0 Å². The monoisotopic (exact) mass is 402 g/mol. The van der Waals surface area contributed by atoms with Crippen molar-refractivity contribution in [1.29, 1.82) is 0 Å². The molecule has 2 aromatic carbocycles. The minimum absolute atomic E-state index is 0.0427. The van der Waals surface area contributed by atoms with Crippen LogP contribution in [-0.2, 0) is 11.8 Å². The fourth-order valence-corrected chi connectivity index (χ4v) is 3.97. The number of aromatic nitrogens is 2. The Morgan fingerprint density at radius 2 is 1.83 bits per heavy atom. The van der Waals surface area contributed by atoms with E-state index in [1.807, 2.05) is 30.3 Å². The Labute approximate surface area is 176 Å². The van der Waals surface area contributed by atoms with Gasteiger partial charge in [0, 0.05) is 32.0 Å². The summed E-state index contributed by atoms with van der Waals surface area (Å²) in [6.07, 6.45) is 3.20. The number of anilines is 1. The molecule has 0 saturated carbocycles. The van der Waals surface area contributed by atoms with E-state index in [2.05, 4.69) is 35.5 Å². The molecule has 0 spiro atoms. The number of aryl methyl sites for hydroxylation is 2. The standard InChI is InChI=1S/C24H26N4O2/c1-17-6-3-7-18(14-17)19-8-4-10-21(15-19)26-23(29)20-9-5-13-28(16-20)24(30)22-11-12-25-27(22)2/h3-4,6-8,10-12,14-15,20H,5,9,13,16H2,1-2H3,(H,26,29)/t20-/m0/s1. The number of carbonyl (C=O) groups excluding carboxylic acids is 2. The highest BCUT2D eigenvalue weighted by Crippen LogP contribution is 2.25. The molecule has 1 saturated heterocycles. The van der Waals surface area contributed by atoms with Gasteiger partial charge in [-0.3, -0.25) is 14.3 Å². The van der Waals surface area contributed by atoms with E-state index in [0.29, 0.717) is 18.8 Å². The van der Waals surface area contributed by atoms with E-state index in [-0.39, 0.29) is 17.7 Å². The molecule has 3 aromatic rings. The summed E-state index contributed by atoms with van der Waals surface area (Å²) in [7, 11) is 1.75. The molecule has 30 heavy (non-hydrogen) atoms. The van der Waals surface area contributed by atoms with Gasteiger partial charge in [-0.05, 0) is 49.1 Å². The molecule has 1 aromatic heterocycles. The lowest BCUT2D eigenvalue weighted by Gasteiger charge is -2.32. The molecule has 0 bridgehead atoms. The van der Waals surface area contributed by atoms with Crippen LogP contribution in [0.5, 0.6) is 0 Å². The Balaban J connectivity index is 1.44. The van der Waals surface area contributed by atoms with Gasteiger partial charge in [0.1, 0.15) is 5.69 Å². The molecule has 1 atom stereocenters. The Morgan fingerprint density at radius 1 is 1.07 bits per heavy atom. The lowest BCUT2D eigenvalue weighted by Crippen LogP contribution is -2.44. The molecule has 6 heteroatoms. The Hall–Kier alpha value is -3.41. The van der Waals surface area contributed by atoms with Crippen LogP contribution in [0.15, 0.2) is 60.8 Å². The molecule has 6 nitrogen and oxygen atoms in total. The number of hydrogen-bond donors (Lipinski definition) is 1. The summed E-state index contributed by atoms with van der Waals surface area (Å²) >= 11 is 0. The second kappa shape index (κ2) is 8.53. The number of hydrogen-bond acceptors (Lipinski definition) is 3. The molecule has 154 valence electrons. The summed E-state index contributed by atoms with van der Waals surface area (Å²) in [5, 5.41) is 7.12. The average molecular weight is 402 g/mol. The first kappa shape index (κ1) is 19.9. The van der Waals surface area contributed by atoms with Gasteiger partial charge in [0.15, 0.2) is 0 Å². The van der Waals surface area contributed by atoms with Crippen molar-refractivity contribution in [1.82, 2.24) is 14.7 Å². The van der Waals surface area contributed by atoms with Crippen LogP contribution in [0, 0.1) is 12.8 Å². The van der Waals surface area contributed by atoms with Gasteiger partial charge in [-0.25, -0.2) is 0 Å². The van der Waals surface area contributed by atoms with E-state index in [4.69, 9.17) is 0 Å². The third-order valence-electron chi connectivity index (χ3n) is 5.60. The van der Waals surface area contributed by atoms with Crippen LogP contribution in [0.2, 0.25) is 0 Å². The van der Waals surface area contributed by atoms with Crippen LogP contribution in [0.1, 0.15) is 28.9 Å². The number of carbonyl (C=O) groups is 2. The second-order valence-corrected chi connectivity index (χ2v) is 7.87. The first-order chi connectivity index (χ1) is 14.5. The number of piperidine rings is 1. The van der Waals surface area contributed by atoms with Crippen molar-refractivity contribution < 1.29 is 9.59 Å². The fraction of sp³-hybridized carbons (Fsp3) is 0.292. The maximum absolute atomic E-state index is 12.9. The van der Waals surface area contributed by atoms with Crippen molar-refractivity contribution in [3.8, 4) is 11.1 Å². The molecule has 2 heterocycles. The minimum atomic E-state index is -0.224. The fourth-order valence-electron chi connectivity index (χ4n) is 3.97. The molecule has 0 unspecified atom stereocenters. The van der Waals surface area contributed by atoms with Crippen LogP contribution in [-0.4, -0.2) is 39.6 Å². The number of likely N-dealkylation sites (tertiary alicyclic amines) is 1. The number of nitrogens with one attached hydrogen (secondary N) is 1. The topological polar surface area (TPSA) is 67.2 Å². The maximum Gasteiger partial charge on any atom is 0.272 e. The summed E-state index contributed by atoms with van der Waals surface area (Å²) in [5.41, 5.74) is 4.70. The van der Waals surface area contributed by atoms with Gasteiger partial charge in [-0.2, -0.15) is 5.10 Å². The van der Waals surface area contributed by atoms with E-state index in [0.717, 1.165) is 29.7 Å². The van der Waals surface area contributed by atoms with Crippen LogP contribution < -0.4 is 5.32 Å². The average Bonchev–Trinajstić information content (AvgIpc) is 3.19. The summed E-state index contributed by atoms with van der Waals surface area (Å²) in [6, 6.07) is 17.9. The quantitative estimate of drug-likeness (QED) is 0.720. The lowest BCUT2D eigenvalue weighted by atomic mass is 9.96. The van der Waals surface area contributed by atoms with Crippen LogP contribution in [0.4, 0.5) is 5.69 Å². The molecular weight excluding hydrogens is 376 g/mol. The first-order valence-electron chi connectivity index (χ1n) is 10.3. The van der Waals surface area contributed by atoms with Crippen molar-refractivity contribution in [2.45, 2.75) is 19.8 Å². The van der Waals surface area contributed by atoms with Gasteiger partial charge < -0.3 is 10.2 Å². The molecule has 0 radical (unpaired) electrons. The number of rotatable bonds is 4. The maximum atomic E-state index is 12.9. The molecule has 0 aliphatic carbocycles. The summed E-state index contributed by atoms with van der Waals surface area (Å²) in [6.45, 7) is 3.15. The number of nitrogens with zero attached hydrogens (tertiary/aromatic N) is 3. The number of amides is 2. The molecule has 1 fully saturated rings. The van der Waals surface area contributed by atoms with Gasteiger partial charge >= 0.3 is 0 Å². The minimum Gasteiger partial charge on any atom is -0.337 e. The lowest BCUT2D eigenvalue weighted by molar-refractivity contribution is -0.121. The van der Waals surface area contributed by atoms with E-state index in [1.165, 1.54) is 5.56 Å². The highest BCUT2D eigenvalue weighted by molar-refractivity contribution is 5.95. The van der Waals surface area contributed by atoms with E-state index >= 15 is 0 Å². The largest absolute Gasteiger partial charge is 0.337 e.